The van der Waals surface area contributed by atoms with Crippen molar-refractivity contribution in [3.8, 4) is 0 Å². The molecule has 1 aromatic carbocycles. The molecule has 0 aliphatic rings. The van der Waals surface area contributed by atoms with Crippen molar-refractivity contribution in [1.82, 2.24) is 0 Å². The van der Waals surface area contributed by atoms with Gasteiger partial charge in [-0.3, -0.25) is 4.79 Å². The average molecular weight is 259 g/mol. The molecule has 0 aromatic heterocycles. The van der Waals surface area contributed by atoms with E-state index < -0.39 is 12.1 Å². The number of hydrogen-bond acceptors (Lipinski definition) is 2. The molecule has 1 atom stereocenters. The van der Waals surface area contributed by atoms with Gasteiger partial charge < -0.3 is 10.2 Å². The number of carbonyl (C=O) groups is 1. The Bertz CT molecular complexity index is 349. The quantitative estimate of drug-likeness (QED) is 0.875. The number of aliphatic hydroxyl groups excluding tert-OH is 1. The summed E-state index contributed by atoms with van der Waals surface area (Å²) in [6, 6.07) is 5.31. The van der Waals surface area contributed by atoms with Crippen LogP contribution in [0.4, 0.5) is 0 Å². The second kappa shape index (κ2) is 4.57. The molecule has 0 spiro atoms. The Balaban J connectivity index is 2.85. The SMILES string of the molecule is Cc1ccc([C@H](O)CC(=O)O)cc1Br. The molecule has 0 aliphatic carbocycles. The number of aliphatic hydroxyl groups is 1. The Hall–Kier alpha value is -0.870. The summed E-state index contributed by atoms with van der Waals surface area (Å²) in [5, 5.41) is 18.0. The molecule has 0 aliphatic heterocycles. The Morgan fingerprint density at radius 3 is 2.71 bits per heavy atom. The van der Waals surface area contributed by atoms with Crippen LogP contribution in [0.2, 0.25) is 0 Å². The minimum absolute atomic E-state index is 0.268. The number of aliphatic carboxylic acids is 1. The lowest BCUT2D eigenvalue weighted by molar-refractivity contribution is -0.139. The Morgan fingerprint density at radius 1 is 1.57 bits per heavy atom. The normalized spacial score (nSPS) is 12.5. The van der Waals surface area contributed by atoms with Crippen LogP contribution in [0.15, 0.2) is 22.7 Å². The van der Waals surface area contributed by atoms with Crippen LogP contribution < -0.4 is 0 Å². The first-order valence-electron chi connectivity index (χ1n) is 4.16. The van der Waals surface area contributed by atoms with E-state index in [1.54, 1.807) is 12.1 Å². The topological polar surface area (TPSA) is 57.5 Å². The van der Waals surface area contributed by atoms with Crippen molar-refractivity contribution in [1.29, 1.82) is 0 Å². The van der Waals surface area contributed by atoms with Gasteiger partial charge in [0.1, 0.15) is 0 Å². The smallest absolute Gasteiger partial charge is 0.306 e. The third-order valence-corrected chi connectivity index (χ3v) is 2.80. The number of aryl methyl sites for hydroxylation is 1. The summed E-state index contributed by atoms with van der Waals surface area (Å²) in [6.45, 7) is 1.93. The Kier molecular flexibility index (Phi) is 3.66. The predicted octanol–water partition coefficient (Wildman–Crippen LogP) is 2.27. The van der Waals surface area contributed by atoms with Gasteiger partial charge in [0.15, 0.2) is 0 Å². The van der Waals surface area contributed by atoms with Crippen molar-refractivity contribution in [3.63, 3.8) is 0 Å². The Labute approximate surface area is 90.5 Å². The molecule has 3 nitrogen and oxygen atoms in total. The van der Waals surface area contributed by atoms with Crippen LogP contribution in [0, 0.1) is 6.92 Å². The minimum atomic E-state index is -1.01. The summed E-state index contributed by atoms with van der Waals surface area (Å²) in [5.41, 5.74) is 1.67. The molecule has 0 unspecified atom stereocenters. The number of hydrogen-bond donors (Lipinski definition) is 2. The van der Waals surface area contributed by atoms with Crippen LogP contribution in [-0.2, 0) is 4.79 Å². The summed E-state index contributed by atoms with van der Waals surface area (Å²) >= 11 is 3.32. The van der Waals surface area contributed by atoms with Crippen LogP contribution in [-0.4, -0.2) is 16.2 Å². The maximum absolute atomic E-state index is 10.4. The van der Waals surface area contributed by atoms with E-state index in [0.29, 0.717) is 5.56 Å². The van der Waals surface area contributed by atoms with Gasteiger partial charge in [-0.2, -0.15) is 0 Å². The van der Waals surface area contributed by atoms with E-state index in [-0.39, 0.29) is 6.42 Å². The molecular weight excluding hydrogens is 248 g/mol. The first-order valence-corrected chi connectivity index (χ1v) is 4.96. The van der Waals surface area contributed by atoms with Gasteiger partial charge in [0.2, 0.25) is 0 Å². The molecular formula is C10H11BrO3. The minimum Gasteiger partial charge on any atom is -0.481 e. The van der Waals surface area contributed by atoms with Crippen molar-refractivity contribution < 1.29 is 15.0 Å². The summed E-state index contributed by atoms with van der Waals surface area (Å²) in [4.78, 5) is 10.4. The molecule has 0 saturated heterocycles. The fourth-order valence-corrected chi connectivity index (χ4v) is 1.50. The monoisotopic (exact) mass is 258 g/mol. The van der Waals surface area contributed by atoms with E-state index in [2.05, 4.69) is 15.9 Å². The lowest BCUT2D eigenvalue weighted by Gasteiger charge is -2.09. The number of carboxylic acid groups (broad SMARTS) is 1. The van der Waals surface area contributed by atoms with Gasteiger partial charge in [-0.25, -0.2) is 0 Å². The standard InChI is InChI=1S/C10H11BrO3/c1-6-2-3-7(4-8(6)11)9(12)5-10(13)14/h2-4,9,12H,5H2,1H3,(H,13,14)/t9-/m1/s1. The summed E-state index contributed by atoms with van der Waals surface area (Å²) in [7, 11) is 0. The van der Waals surface area contributed by atoms with Crippen LogP contribution in [0.3, 0.4) is 0 Å². The molecule has 1 aromatic rings. The molecule has 0 fully saturated rings. The first kappa shape index (κ1) is 11.2. The average Bonchev–Trinajstić information content (AvgIpc) is 2.08. The highest BCUT2D eigenvalue weighted by atomic mass is 79.9. The van der Waals surface area contributed by atoms with E-state index in [0.717, 1.165) is 10.0 Å². The first-order chi connectivity index (χ1) is 6.50. The second-order valence-corrected chi connectivity index (χ2v) is 3.98. The molecule has 76 valence electrons. The summed E-state index contributed by atoms with van der Waals surface area (Å²) < 4.78 is 0.874. The van der Waals surface area contributed by atoms with Crippen molar-refractivity contribution in [2.24, 2.45) is 0 Å². The van der Waals surface area contributed by atoms with Gasteiger partial charge in [-0.15, -0.1) is 0 Å². The van der Waals surface area contributed by atoms with Crippen molar-refractivity contribution >= 4 is 21.9 Å². The van der Waals surface area contributed by atoms with Gasteiger partial charge in [0, 0.05) is 4.47 Å². The number of halogens is 1. The van der Waals surface area contributed by atoms with E-state index >= 15 is 0 Å². The lowest BCUT2D eigenvalue weighted by atomic mass is 10.1. The van der Waals surface area contributed by atoms with Gasteiger partial charge in [-0.05, 0) is 24.1 Å². The highest BCUT2D eigenvalue weighted by molar-refractivity contribution is 9.10. The zero-order valence-corrected chi connectivity index (χ0v) is 9.28. The molecule has 0 bridgehead atoms. The van der Waals surface area contributed by atoms with E-state index in [4.69, 9.17) is 5.11 Å². The van der Waals surface area contributed by atoms with Gasteiger partial charge in [0.25, 0.3) is 0 Å². The van der Waals surface area contributed by atoms with Gasteiger partial charge >= 0.3 is 5.97 Å². The van der Waals surface area contributed by atoms with Crippen LogP contribution in [0.1, 0.15) is 23.7 Å². The molecule has 2 N–H and O–H groups in total. The van der Waals surface area contributed by atoms with Crippen LogP contribution in [0.25, 0.3) is 0 Å². The highest BCUT2D eigenvalue weighted by Gasteiger charge is 2.12. The maximum Gasteiger partial charge on any atom is 0.306 e. The van der Waals surface area contributed by atoms with Gasteiger partial charge in [0.05, 0.1) is 12.5 Å². The molecule has 0 radical (unpaired) electrons. The Morgan fingerprint density at radius 2 is 2.21 bits per heavy atom. The van der Waals surface area contributed by atoms with Gasteiger partial charge in [-0.1, -0.05) is 28.1 Å². The number of carboxylic acids is 1. The molecule has 4 heteroatoms. The fourth-order valence-electron chi connectivity index (χ4n) is 1.10. The largest absolute Gasteiger partial charge is 0.481 e. The van der Waals surface area contributed by atoms with Crippen LogP contribution >= 0.6 is 15.9 Å². The lowest BCUT2D eigenvalue weighted by Crippen LogP contribution is -2.05. The zero-order valence-electron chi connectivity index (χ0n) is 7.70. The predicted molar refractivity (Wildman–Crippen MR) is 56.1 cm³/mol. The maximum atomic E-state index is 10.4. The van der Waals surface area contributed by atoms with E-state index in [1.165, 1.54) is 0 Å². The third-order valence-electron chi connectivity index (χ3n) is 1.95. The zero-order chi connectivity index (χ0) is 10.7. The summed E-state index contributed by atoms with van der Waals surface area (Å²) in [6.07, 6.45) is -1.21. The molecule has 1 rings (SSSR count). The highest BCUT2D eigenvalue weighted by Crippen LogP contribution is 2.23. The van der Waals surface area contributed by atoms with Crippen molar-refractivity contribution in [2.45, 2.75) is 19.4 Å². The van der Waals surface area contributed by atoms with Crippen LogP contribution in [0.5, 0.6) is 0 Å². The number of rotatable bonds is 3. The third kappa shape index (κ3) is 2.82. The van der Waals surface area contributed by atoms with Crippen molar-refractivity contribution in [2.75, 3.05) is 0 Å². The molecule has 0 saturated carbocycles. The van der Waals surface area contributed by atoms with Crippen molar-refractivity contribution in [3.05, 3.63) is 33.8 Å². The molecule has 0 heterocycles. The summed E-state index contributed by atoms with van der Waals surface area (Å²) in [5.74, 6) is -1.01. The van der Waals surface area contributed by atoms with E-state index in [9.17, 15) is 9.90 Å². The van der Waals surface area contributed by atoms with E-state index in [1.807, 2.05) is 13.0 Å². The number of benzene rings is 1. The molecule has 0 amide bonds. The fraction of sp³-hybridized carbons (Fsp3) is 0.300. The second-order valence-electron chi connectivity index (χ2n) is 3.12. The molecule has 14 heavy (non-hydrogen) atoms.